The van der Waals surface area contributed by atoms with Crippen LogP contribution in [0.1, 0.15) is 24.7 Å². The van der Waals surface area contributed by atoms with Gasteiger partial charge in [0, 0.05) is 11.4 Å². The van der Waals surface area contributed by atoms with Gasteiger partial charge in [-0.2, -0.15) is 0 Å². The van der Waals surface area contributed by atoms with Crippen molar-refractivity contribution >= 4 is 0 Å². The van der Waals surface area contributed by atoms with Crippen molar-refractivity contribution in [3.8, 4) is 0 Å². The van der Waals surface area contributed by atoms with Crippen molar-refractivity contribution in [3.63, 3.8) is 0 Å². The predicted molar refractivity (Wildman–Crippen MR) is 43.0 cm³/mol. The van der Waals surface area contributed by atoms with Crippen LogP contribution >= 0.6 is 0 Å². The average molecular weight is 135 g/mol. The maximum absolute atomic E-state index is 4.36. The molecule has 0 saturated heterocycles. The van der Waals surface area contributed by atoms with Gasteiger partial charge in [-0.3, -0.25) is 4.98 Å². The van der Waals surface area contributed by atoms with E-state index in [0.29, 0.717) is 0 Å². The Bertz CT molecular complexity index is 206. The van der Waals surface area contributed by atoms with Gasteiger partial charge in [0.2, 0.25) is 0 Å². The van der Waals surface area contributed by atoms with Gasteiger partial charge in [0.15, 0.2) is 0 Å². The highest BCUT2D eigenvalue weighted by Gasteiger charge is 1.90. The van der Waals surface area contributed by atoms with Crippen molar-refractivity contribution in [2.24, 2.45) is 0 Å². The molecular formula is C9H13N. The quantitative estimate of drug-likeness (QED) is 0.606. The van der Waals surface area contributed by atoms with Crippen LogP contribution in [0.15, 0.2) is 18.2 Å². The Morgan fingerprint density at radius 1 is 1.40 bits per heavy atom. The van der Waals surface area contributed by atoms with Crippen LogP contribution in [0, 0.1) is 6.92 Å². The minimum Gasteiger partial charge on any atom is -0.258 e. The molecule has 1 rings (SSSR count). The van der Waals surface area contributed by atoms with Crippen LogP contribution < -0.4 is 0 Å². The molecule has 0 atom stereocenters. The summed E-state index contributed by atoms with van der Waals surface area (Å²) in [7, 11) is 0. The molecule has 1 aromatic rings. The molecule has 54 valence electrons. The molecule has 1 aromatic heterocycles. The zero-order valence-electron chi connectivity index (χ0n) is 6.59. The van der Waals surface area contributed by atoms with Gasteiger partial charge in [-0.1, -0.05) is 19.4 Å². The molecule has 0 saturated carbocycles. The van der Waals surface area contributed by atoms with Crippen LogP contribution in [0.4, 0.5) is 0 Å². The molecule has 0 aromatic carbocycles. The molecule has 0 bridgehead atoms. The Hall–Kier alpha value is -0.850. The summed E-state index contributed by atoms with van der Waals surface area (Å²) in [5.74, 6) is 0. The van der Waals surface area contributed by atoms with E-state index in [2.05, 4.69) is 24.0 Å². The lowest BCUT2D eigenvalue weighted by molar-refractivity contribution is 0.874. The number of hydrogen-bond acceptors (Lipinski definition) is 1. The third-order valence-electron chi connectivity index (χ3n) is 1.45. The lowest BCUT2D eigenvalue weighted by Gasteiger charge is -1.97. The normalized spacial score (nSPS) is 9.80. The molecule has 0 unspecified atom stereocenters. The lowest BCUT2D eigenvalue weighted by atomic mass is 10.2. The number of hydrogen-bond donors (Lipinski definition) is 0. The third-order valence-corrected chi connectivity index (χ3v) is 1.45. The molecule has 0 spiro atoms. The van der Waals surface area contributed by atoms with Crippen LogP contribution in [0.2, 0.25) is 0 Å². The Kier molecular flexibility index (Phi) is 2.43. The van der Waals surface area contributed by atoms with Crippen molar-refractivity contribution in [2.75, 3.05) is 0 Å². The first kappa shape index (κ1) is 7.26. The lowest BCUT2D eigenvalue weighted by Crippen LogP contribution is -1.89. The summed E-state index contributed by atoms with van der Waals surface area (Å²) >= 11 is 0. The molecule has 10 heavy (non-hydrogen) atoms. The highest BCUT2D eigenvalue weighted by Crippen LogP contribution is 2.00. The summed E-state index contributed by atoms with van der Waals surface area (Å²) in [4.78, 5) is 4.36. The van der Waals surface area contributed by atoms with Gasteiger partial charge in [-0.05, 0) is 25.5 Å². The maximum Gasteiger partial charge on any atom is 0.0406 e. The second-order valence-electron chi connectivity index (χ2n) is 2.52. The minimum absolute atomic E-state index is 1.10. The number of aryl methyl sites for hydroxylation is 2. The predicted octanol–water partition coefficient (Wildman–Crippen LogP) is 2.34. The van der Waals surface area contributed by atoms with Gasteiger partial charge in [0.25, 0.3) is 0 Å². The standard InChI is InChI=1S/C9H13N/c1-3-5-9-7-4-6-8(2)10-9/h4,6-7H,3,5H2,1-2H3. The topological polar surface area (TPSA) is 12.9 Å². The molecule has 0 aliphatic rings. The highest BCUT2D eigenvalue weighted by molar-refractivity contribution is 5.09. The fourth-order valence-electron chi connectivity index (χ4n) is 0.995. The largest absolute Gasteiger partial charge is 0.258 e. The fraction of sp³-hybridized carbons (Fsp3) is 0.444. The summed E-state index contributed by atoms with van der Waals surface area (Å²) in [6.07, 6.45) is 2.28. The zero-order valence-corrected chi connectivity index (χ0v) is 6.59. The Labute approximate surface area is 62.1 Å². The number of aromatic nitrogens is 1. The molecule has 0 N–H and O–H groups in total. The number of nitrogens with zero attached hydrogens (tertiary/aromatic N) is 1. The molecule has 1 heteroatoms. The average Bonchev–Trinajstić information content (AvgIpc) is 1.88. The van der Waals surface area contributed by atoms with E-state index in [-0.39, 0.29) is 0 Å². The molecular weight excluding hydrogens is 122 g/mol. The first-order valence-electron chi connectivity index (χ1n) is 3.75. The van der Waals surface area contributed by atoms with Gasteiger partial charge in [0.05, 0.1) is 0 Å². The van der Waals surface area contributed by atoms with Crippen molar-refractivity contribution in [1.29, 1.82) is 0 Å². The van der Waals surface area contributed by atoms with Crippen molar-refractivity contribution < 1.29 is 0 Å². The summed E-state index contributed by atoms with van der Waals surface area (Å²) in [5.41, 5.74) is 2.33. The number of pyridine rings is 1. The van der Waals surface area contributed by atoms with Gasteiger partial charge >= 0.3 is 0 Å². The molecule has 0 radical (unpaired) electrons. The fourth-order valence-corrected chi connectivity index (χ4v) is 0.995. The molecule has 0 aliphatic carbocycles. The second-order valence-corrected chi connectivity index (χ2v) is 2.52. The summed E-state index contributed by atoms with van der Waals surface area (Å²) in [6.45, 7) is 4.20. The van der Waals surface area contributed by atoms with Crippen LogP contribution in [-0.2, 0) is 6.42 Å². The summed E-state index contributed by atoms with van der Waals surface area (Å²) in [5, 5.41) is 0. The van der Waals surface area contributed by atoms with Crippen molar-refractivity contribution in [1.82, 2.24) is 4.98 Å². The smallest absolute Gasteiger partial charge is 0.0406 e. The third kappa shape index (κ3) is 1.83. The van der Waals surface area contributed by atoms with E-state index in [0.717, 1.165) is 12.1 Å². The van der Waals surface area contributed by atoms with Crippen LogP contribution in [0.25, 0.3) is 0 Å². The Balaban J connectivity index is 2.75. The van der Waals surface area contributed by atoms with Gasteiger partial charge in [0.1, 0.15) is 0 Å². The van der Waals surface area contributed by atoms with E-state index in [1.165, 1.54) is 12.1 Å². The number of rotatable bonds is 2. The van der Waals surface area contributed by atoms with Crippen molar-refractivity contribution in [2.45, 2.75) is 26.7 Å². The molecule has 1 heterocycles. The van der Waals surface area contributed by atoms with Crippen LogP contribution in [0.5, 0.6) is 0 Å². The summed E-state index contributed by atoms with van der Waals surface area (Å²) in [6, 6.07) is 6.17. The first-order chi connectivity index (χ1) is 4.83. The van der Waals surface area contributed by atoms with E-state index < -0.39 is 0 Å². The van der Waals surface area contributed by atoms with E-state index in [1.54, 1.807) is 0 Å². The van der Waals surface area contributed by atoms with E-state index in [4.69, 9.17) is 0 Å². The molecule has 0 aliphatic heterocycles. The molecule has 1 nitrogen and oxygen atoms in total. The van der Waals surface area contributed by atoms with E-state index >= 15 is 0 Å². The molecule has 0 amide bonds. The second kappa shape index (κ2) is 3.35. The van der Waals surface area contributed by atoms with Crippen molar-refractivity contribution in [3.05, 3.63) is 29.6 Å². The van der Waals surface area contributed by atoms with E-state index in [9.17, 15) is 0 Å². The monoisotopic (exact) mass is 135 g/mol. The first-order valence-corrected chi connectivity index (χ1v) is 3.75. The summed E-state index contributed by atoms with van der Waals surface area (Å²) < 4.78 is 0. The highest BCUT2D eigenvalue weighted by atomic mass is 14.7. The van der Waals surface area contributed by atoms with E-state index in [1.807, 2.05) is 13.0 Å². The minimum atomic E-state index is 1.10. The molecule has 0 fully saturated rings. The Morgan fingerprint density at radius 2 is 2.20 bits per heavy atom. The van der Waals surface area contributed by atoms with Gasteiger partial charge < -0.3 is 0 Å². The van der Waals surface area contributed by atoms with Crippen LogP contribution in [0.3, 0.4) is 0 Å². The maximum atomic E-state index is 4.36. The van der Waals surface area contributed by atoms with Gasteiger partial charge in [-0.15, -0.1) is 0 Å². The zero-order chi connectivity index (χ0) is 7.40. The van der Waals surface area contributed by atoms with Crippen LogP contribution in [-0.4, -0.2) is 4.98 Å². The SMILES string of the molecule is CCCc1cccc(C)n1. The Morgan fingerprint density at radius 3 is 2.80 bits per heavy atom. The van der Waals surface area contributed by atoms with Gasteiger partial charge in [-0.25, -0.2) is 0 Å².